The van der Waals surface area contributed by atoms with Gasteiger partial charge in [-0.15, -0.1) is 0 Å². The molecule has 0 unspecified atom stereocenters. The van der Waals surface area contributed by atoms with Gasteiger partial charge in [-0.1, -0.05) is 60.6 Å². The Morgan fingerprint density at radius 1 is 0.800 bits per heavy atom. The van der Waals surface area contributed by atoms with Crippen LogP contribution in [0.2, 0.25) is 0 Å². The van der Waals surface area contributed by atoms with Crippen LogP contribution in [0.15, 0.2) is 12.2 Å². The van der Waals surface area contributed by atoms with E-state index < -0.39 is 11.4 Å². The summed E-state index contributed by atoms with van der Waals surface area (Å²) >= 11 is 0. The van der Waals surface area contributed by atoms with E-state index in [0.29, 0.717) is 6.42 Å². The van der Waals surface area contributed by atoms with Crippen LogP contribution in [-0.4, -0.2) is 11.1 Å². The molecule has 0 aromatic heterocycles. The maximum atomic E-state index is 11.3. The van der Waals surface area contributed by atoms with Crippen LogP contribution >= 0.6 is 0 Å². The topological polar surface area (TPSA) is 37.3 Å². The molecule has 0 aromatic rings. The van der Waals surface area contributed by atoms with Crippen LogP contribution in [0.3, 0.4) is 0 Å². The van der Waals surface area contributed by atoms with Crippen molar-refractivity contribution in [1.82, 2.24) is 0 Å². The second-order valence-corrected chi connectivity index (χ2v) is 9.41. The molecule has 0 aliphatic carbocycles. The third-order valence-corrected chi connectivity index (χ3v) is 3.45. The number of carbonyl (C=O) groups is 1. The van der Waals surface area contributed by atoms with Gasteiger partial charge in [-0.25, -0.2) is 0 Å². The van der Waals surface area contributed by atoms with Crippen molar-refractivity contribution in [3.63, 3.8) is 0 Å². The fourth-order valence-corrected chi connectivity index (χ4v) is 3.15. The molecule has 0 radical (unpaired) electrons. The molecule has 2 nitrogen and oxygen atoms in total. The van der Waals surface area contributed by atoms with Crippen molar-refractivity contribution in [2.75, 3.05) is 0 Å². The molecule has 0 saturated heterocycles. The number of allylic oxidation sites excluding steroid dienone is 2. The summed E-state index contributed by atoms with van der Waals surface area (Å²) in [7, 11) is 0. The highest BCUT2D eigenvalue weighted by Crippen LogP contribution is 2.38. The van der Waals surface area contributed by atoms with Gasteiger partial charge < -0.3 is 5.11 Å². The summed E-state index contributed by atoms with van der Waals surface area (Å²) in [4.78, 5) is 11.3. The predicted octanol–water partition coefficient (Wildman–Crippen LogP) is 5.53. The van der Waals surface area contributed by atoms with E-state index in [1.54, 1.807) is 13.8 Å². The second kappa shape index (κ2) is 5.91. The van der Waals surface area contributed by atoms with E-state index in [4.69, 9.17) is 0 Å². The quantitative estimate of drug-likeness (QED) is 0.650. The zero-order valence-electron chi connectivity index (χ0n) is 14.9. The van der Waals surface area contributed by atoms with Crippen molar-refractivity contribution in [3.05, 3.63) is 12.2 Å². The number of hydrogen-bond acceptors (Lipinski definition) is 1. The highest BCUT2D eigenvalue weighted by molar-refractivity contribution is 5.73. The van der Waals surface area contributed by atoms with Gasteiger partial charge in [-0.2, -0.15) is 0 Å². The third kappa shape index (κ3) is 7.72. The van der Waals surface area contributed by atoms with Gasteiger partial charge in [0.25, 0.3) is 0 Å². The van der Waals surface area contributed by atoms with Gasteiger partial charge in [0.05, 0.1) is 5.41 Å². The Hall–Kier alpha value is -0.790. The molecule has 0 spiro atoms. The van der Waals surface area contributed by atoms with Gasteiger partial charge in [-0.05, 0) is 42.9 Å². The first-order chi connectivity index (χ1) is 8.56. The summed E-state index contributed by atoms with van der Waals surface area (Å²) in [6.07, 6.45) is 6.20. The van der Waals surface area contributed by atoms with Gasteiger partial charge in [-0.3, -0.25) is 4.79 Å². The van der Waals surface area contributed by atoms with Crippen LogP contribution in [0.4, 0.5) is 0 Å². The number of rotatable bonds is 6. The minimum atomic E-state index is -0.729. The number of hydrogen-bond donors (Lipinski definition) is 1. The van der Waals surface area contributed by atoms with Crippen molar-refractivity contribution in [3.8, 4) is 0 Å². The molecule has 0 saturated carbocycles. The smallest absolute Gasteiger partial charge is 0.309 e. The minimum Gasteiger partial charge on any atom is -0.481 e. The number of carboxylic acids is 1. The Labute approximate surface area is 125 Å². The standard InChI is InChI=1S/C18H34O2/c1-15(2,3)12-16(4,5)10-11-17(6,7)13-18(8,9)14(19)20/h10-11H,12-13H2,1-9H3,(H,19,20). The first-order valence-electron chi connectivity index (χ1n) is 7.50. The summed E-state index contributed by atoms with van der Waals surface area (Å²) < 4.78 is 0. The first-order valence-corrected chi connectivity index (χ1v) is 7.50. The Balaban J connectivity index is 4.92. The molecule has 0 aromatic carbocycles. The van der Waals surface area contributed by atoms with Gasteiger partial charge in [0.1, 0.15) is 0 Å². The molecule has 0 atom stereocenters. The molecule has 0 aliphatic heterocycles. The summed E-state index contributed by atoms with van der Waals surface area (Å²) in [6.45, 7) is 19.1. The molecular weight excluding hydrogens is 248 g/mol. The summed E-state index contributed by atoms with van der Waals surface area (Å²) in [5.41, 5.74) is -0.389. The van der Waals surface area contributed by atoms with E-state index in [1.165, 1.54) is 0 Å². The van der Waals surface area contributed by atoms with Gasteiger partial charge >= 0.3 is 5.97 Å². The SMILES string of the molecule is CC(C)(C)CC(C)(C)C=CC(C)(C)CC(C)(C)C(=O)O. The lowest BCUT2D eigenvalue weighted by atomic mass is 9.72. The van der Waals surface area contributed by atoms with Crippen molar-refractivity contribution >= 4 is 5.97 Å². The fourth-order valence-electron chi connectivity index (χ4n) is 3.15. The van der Waals surface area contributed by atoms with Crippen molar-refractivity contribution < 1.29 is 9.90 Å². The van der Waals surface area contributed by atoms with Crippen LogP contribution in [0.1, 0.15) is 75.2 Å². The van der Waals surface area contributed by atoms with Crippen molar-refractivity contribution in [2.45, 2.75) is 75.2 Å². The van der Waals surface area contributed by atoms with Crippen LogP contribution in [0, 0.1) is 21.7 Å². The van der Waals surface area contributed by atoms with Crippen LogP contribution < -0.4 is 0 Å². The van der Waals surface area contributed by atoms with Gasteiger partial charge in [0.15, 0.2) is 0 Å². The lowest BCUT2D eigenvalue weighted by molar-refractivity contribution is -0.148. The van der Waals surface area contributed by atoms with E-state index in [0.717, 1.165) is 6.42 Å². The summed E-state index contributed by atoms with van der Waals surface area (Å²) in [6, 6.07) is 0. The largest absolute Gasteiger partial charge is 0.481 e. The molecule has 2 heteroatoms. The van der Waals surface area contributed by atoms with E-state index in [-0.39, 0.29) is 16.2 Å². The van der Waals surface area contributed by atoms with E-state index in [2.05, 4.69) is 60.6 Å². The molecular formula is C18H34O2. The highest BCUT2D eigenvalue weighted by Gasteiger charge is 2.34. The zero-order chi connectivity index (χ0) is 16.4. The number of aliphatic carboxylic acids is 1. The van der Waals surface area contributed by atoms with Gasteiger partial charge in [0, 0.05) is 0 Å². The first kappa shape index (κ1) is 19.2. The monoisotopic (exact) mass is 282 g/mol. The maximum Gasteiger partial charge on any atom is 0.309 e. The Kier molecular flexibility index (Phi) is 5.68. The van der Waals surface area contributed by atoms with E-state index in [9.17, 15) is 9.90 Å². The predicted molar refractivity (Wildman–Crippen MR) is 86.8 cm³/mol. The Morgan fingerprint density at radius 2 is 1.15 bits per heavy atom. The highest BCUT2D eigenvalue weighted by atomic mass is 16.4. The molecule has 0 bridgehead atoms. The normalized spacial score (nSPS) is 14.8. The zero-order valence-corrected chi connectivity index (χ0v) is 14.9. The molecule has 0 rings (SSSR count). The molecule has 118 valence electrons. The number of carboxylic acid groups (broad SMARTS) is 1. The lowest BCUT2D eigenvalue weighted by Gasteiger charge is -2.33. The van der Waals surface area contributed by atoms with Crippen molar-refractivity contribution in [2.24, 2.45) is 21.7 Å². The molecule has 0 aliphatic rings. The molecule has 0 heterocycles. The lowest BCUT2D eigenvalue weighted by Crippen LogP contribution is -2.30. The fraction of sp³-hybridized carbons (Fsp3) is 0.833. The van der Waals surface area contributed by atoms with E-state index >= 15 is 0 Å². The average Bonchev–Trinajstić information content (AvgIpc) is 2.09. The van der Waals surface area contributed by atoms with Gasteiger partial charge in [0.2, 0.25) is 0 Å². The molecule has 1 N–H and O–H groups in total. The summed E-state index contributed by atoms with van der Waals surface area (Å²) in [5, 5.41) is 9.26. The molecule has 0 amide bonds. The third-order valence-electron chi connectivity index (χ3n) is 3.45. The van der Waals surface area contributed by atoms with Crippen LogP contribution in [0.5, 0.6) is 0 Å². The average molecular weight is 282 g/mol. The Bertz CT molecular complexity index is 365. The molecule has 0 fully saturated rings. The maximum absolute atomic E-state index is 11.3. The summed E-state index contributed by atoms with van der Waals surface area (Å²) in [5.74, 6) is -0.729. The van der Waals surface area contributed by atoms with Crippen LogP contribution in [0.25, 0.3) is 0 Å². The minimum absolute atomic E-state index is 0.114. The molecule has 20 heavy (non-hydrogen) atoms. The Morgan fingerprint density at radius 3 is 1.45 bits per heavy atom. The van der Waals surface area contributed by atoms with Crippen molar-refractivity contribution in [1.29, 1.82) is 0 Å². The second-order valence-electron chi connectivity index (χ2n) is 9.41. The van der Waals surface area contributed by atoms with Crippen LogP contribution in [-0.2, 0) is 4.79 Å². The van der Waals surface area contributed by atoms with E-state index in [1.807, 2.05) is 0 Å².